The van der Waals surface area contributed by atoms with Crippen LogP contribution in [0, 0.1) is 5.82 Å². The number of hydrogen-bond acceptors (Lipinski definition) is 4. The summed E-state index contributed by atoms with van der Waals surface area (Å²) in [6.07, 6.45) is 0.669. The van der Waals surface area contributed by atoms with Crippen LogP contribution in [0.4, 0.5) is 4.39 Å². The Labute approximate surface area is 207 Å². The topological polar surface area (TPSA) is 50.7 Å². The summed E-state index contributed by atoms with van der Waals surface area (Å²) in [5.41, 5.74) is 7.62. The molecule has 0 spiro atoms. The first kappa shape index (κ1) is 22.9. The maximum absolute atomic E-state index is 13.7. The number of thioether (sulfide) groups is 1. The van der Waals surface area contributed by atoms with Gasteiger partial charge in [0.25, 0.3) is 5.91 Å². The zero-order chi connectivity index (χ0) is 24.0. The van der Waals surface area contributed by atoms with Crippen molar-refractivity contribution in [2.75, 3.05) is 5.75 Å². The van der Waals surface area contributed by atoms with Crippen LogP contribution in [-0.4, -0.2) is 17.4 Å². The number of carbonyl (C=O) groups is 1. The Kier molecular flexibility index (Phi) is 6.91. The molecular weight excluding hydrogens is 459 g/mol. The molecular formula is C29H23FN2O2S. The number of nitrogens with zero attached hydrogens (tertiary/aromatic N) is 1. The van der Waals surface area contributed by atoms with E-state index in [0.717, 1.165) is 38.7 Å². The van der Waals surface area contributed by atoms with Crippen molar-refractivity contribution < 1.29 is 13.9 Å². The van der Waals surface area contributed by atoms with E-state index in [0.29, 0.717) is 24.3 Å². The number of ether oxygens (including phenoxy) is 1. The van der Waals surface area contributed by atoms with Crippen LogP contribution in [0.1, 0.15) is 27.9 Å². The van der Waals surface area contributed by atoms with Crippen molar-refractivity contribution in [2.45, 2.75) is 17.9 Å². The minimum absolute atomic E-state index is 0.310. The van der Waals surface area contributed by atoms with Crippen LogP contribution in [0.15, 0.2) is 107 Å². The van der Waals surface area contributed by atoms with Crippen molar-refractivity contribution in [3.63, 3.8) is 0 Å². The zero-order valence-corrected chi connectivity index (χ0v) is 19.7. The van der Waals surface area contributed by atoms with Gasteiger partial charge in [0.2, 0.25) is 0 Å². The van der Waals surface area contributed by atoms with Crippen molar-refractivity contribution in [1.29, 1.82) is 0 Å². The molecule has 1 aliphatic heterocycles. The summed E-state index contributed by atoms with van der Waals surface area (Å²) in [4.78, 5) is 13.6. The van der Waals surface area contributed by atoms with Crippen molar-refractivity contribution in [2.24, 2.45) is 5.10 Å². The minimum Gasteiger partial charge on any atom is -0.488 e. The number of para-hydroxylation sites is 1. The highest BCUT2D eigenvalue weighted by atomic mass is 32.2. The lowest BCUT2D eigenvalue weighted by atomic mass is 10.0. The molecule has 35 heavy (non-hydrogen) atoms. The fourth-order valence-electron chi connectivity index (χ4n) is 3.91. The number of hydrazone groups is 1. The van der Waals surface area contributed by atoms with Crippen LogP contribution < -0.4 is 10.2 Å². The summed E-state index contributed by atoms with van der Waals surface area (Å²) in [5, 5.41) is 4.29. The third-order valence-electron chi connectivity index (χ3n) is 5.72. The molecule has 1 aliphatic rings. The first-order valence-electron chi connectivity index (χ1n) is 11.3. The number of amides is 1. The summed E-state index contributed by atoms with van der Waals surface area (Å²) < 4.78 is 19.8. The van der Waals surface area contributed by atoms with E-state index in [4.69, 9.17) is 4.74 Å². The predicted octanol–water partition coefficient (Wildman–Crippen LogP) is 6.70. The number of fused-ring (bicyclic) bond motifs is 1. The normalized spacial score (nSPS) is 13.8. The number of rotatable bonds is 6. The Bertz CT molecular complexity index is 1370. The fraction of sp³-hybridized carbons (Fsp3) is 0.103. The van der Waals surface area contributed by atoms with Gasteiger partial charge >= 0.3 is 0 Å². The Morgan fingerprint density at radius 1 is 0.914 bits per heavy atom. The summed E-state index contributed by atoms with van der Waals surface area (Å²) in [7, 11) is 0. The summed E-state index contributed by atoms with van der Waals surface area (Å²) >= 11 is 1.66. The third-order valence-corrected chi connectivity index (χ3v) is 6.80. The second kappa shape index (κ2) is 10.6. The van der Waals surface area contributed by atoms with E-state index in [1.165, 1.54) is 12.1 Å². The lowest BCUT2D eigenvalue weighted by Gasteiger charge is -2.17. The third kappa shape index (κ3) is 5.44. The lowest BCUT2D eigenvalue weighted by molar-refractivity contribution is 0.0954. The molecule has 5 rings (SSSR count). The minimum atomic E-state index is -0.311. The average molecular weight is 483 g/mol. The molecule has 0 atom stereocenters. The SMILES string of the molecule is O=C(NN=C1CCSc2ccc(F)cc21)c1ccc(COc2ccccc2-c2ccccc2)cc1. The molecule has 1 heterocycles. The Morgan fingerprint density at radius 3 is 2.51 bits per heavy atom. The quantitative estimate of drug-likeness (QED) is 0.311. The molecule has 0 fully saturated rings. The van der Waals surface area contributed by atoms with E-state index in [2.05, 4.69) is 22.7 Å². The van der Waals surface area contributed by atoms with Gasteiger partial charge in [-0.25, -0.2) is 9.82 Å². The van der Waals surface area contributed by atoms with Gasteiger partial charge in [-0.15, -0.1) is 11.8 Å². The van der Waals surface area contributed by atoms with Gasteiger partial charge in [-0.2, -0.15) is 5.10 Å². The van der Waals surface area contributed by atoms with Crippen LogP contribution in [0.25, 0.3) is 11.1 Å². The van der Waals surface area contributed by atoms with Gasteiger partial charge in [-0.05, 0) is 47.5 Å². The van der Waals surface area contributed by atoms with Crippen LogP contribution in [0.5, 0.6) is 5.75 Å². The molecule has 0 aliphatic carbocycles. The van der Waals surface area contributed by atoms with Crippen molar-refractivity contribution in [3.8, 4) is 16.9 Å². The van der Waals surface area contributed by atoms with E-state index in [9.17, 15) is 9.18 Å². The lowest BCUT2D eigenvalue weighted by Crippen LogP contribution is -2.21. The van der Waals surface area contributed by atoms with E-state index < -0.39 is 0 Å². The van der Waals surface area contributed by atoms with Gasteiger partial charge in [-0.3, -0.25) is 4.79 Å². The first-order chi connectivity index (χ1) is 17.2. The zero-order valence-electron chi connectivity index (χ0n) is 18.9. The monoisotopic (exact) mass is 482 g/mol. The maximum Gasteiger partial charge on any atom is 0.271 e. The average Bonchev–Trinajstić information content (AvgIpc) is 2.91. The smallest absolute Gasteiger partial charge is 0.271 e. The first-order valence-corrected chi connectivity index (χ1v) is 12.3. The fourth-order valence-corrected chi connectivity index (χ4v) is 4.92. The Balaban J connectivity index is 1.23. The molecule has 0 unspecified atom stereocenters. The van der Waals surface area contributed by atoms with E-state index >= 15 is 0 Å². The van der Waals surface area contributed by atoms with E-state index in [1.54, 1.807) is 30.0 Å². The molecule has 4 aromatic rings. The molecule has 1 amide bonds. The molecule has 4 aromatic carbocycles. The van der Waals surface area contributed by atoms with E-state index in [1.807, 2.05) is 54.6 Å². The highest BCUT2D eigenvalue weighted by Crippen LogP contribution is 2.31. The molecule has 0 saturated carbocycles. The Hall–Kier alpha value is -3.90. The molecule has 1 N–H and O–H groups in total. The highest BCUT2D eigenvalue weighted by Gasteiger charge is 2.17. The van der Waals surface area contributed by atoms with Crippen LogP contribution >= 0.6 is 11.8 Å². The highest BCUT2D eigenvalue weighted by molar-refractivity contribution is 7.99. The van der Waals surface area contributed by atoms with Gasteiger partial charge in [-0.1, -0.05) is 60.7 Å². The van der Waals surface area contributed by atoms with Gasteiger partial charge in [0.05, 0.1) is 5.71 Å². The van der Waals surface area contributed by atoms with Gasteiger partial charge in [0, 0.05) is 33.8 Å². The Morgan fingerprint density at radius 2 is 1.69 bits per heavy atom. The molecule has 0 saturated heterocycles. The van der Waals surface area contributed by atoms with Crippen molar-refractivity contribution >= 4 is 23.4 Å². The van der Waals surface area contributed by atoms with Gasteiger partial charge < -0.3 is 4.74 Å². The molecule has 0 bridgehead atoms. The van der Waals surface area contributed by atoms with Gasteiger partial charge in [0.1, 0.15) is 18.2 Å². The van der Waals surface area contributed by atoms with Crippen molar-refractivity contribution in [1.82, 2.24) is 5.43 Å². The molecule has 174 valence electrons. The molecule has 4 nitrogen and oxygen atoms in total. The van der Waals surface area contributed by atoms with Crippen LogP contribution in [0.3, 0.4) is 0 Å². The summed E-state index contributed by atoms with van der Waals surface area (Å²) in [5.74, 6) is 1.03. The largest absolute Gasteiger partial charge is 0.488 e. The van der Waals surface area contributed by atoms with Gasteiger partial charge in [0.15, 0.2) is 0 Å². The second-order valence-electron chi connectivity index (χ2n) is 8.09. The van der Waals surface area contributed by atoms with Crippen LogP contribution in [0.2, 0.25) is 0 Å². The molecule has 0 aromatic heterocycles. The number of nitrogens with one attached hydrogen (secondary N) is 1. The van der Waals surface area contributed by atoms with Crippen LogP contribution in [-0.2, 0) is 6.61 Å². The predicted molar refractivity (Wildman–Crippen MR) is 138 cm³/mol. The second-order valence-corrected chi connectivity index (χ2v) is 9.22. The molecule has 0 radical (unpaired) electrons. The summed E-state index contributed by atoms with van der Waals surface area (Å²) in [6, 6.07) is 30.0. The number of carbonyl (C=O) groups excluding carboxylic acids is 1. The van der Waals surface area contributed by atoms with Crippen molar-refractivity contribution in [3.05, 3.63) is 120 Å². The number of halogens is 1. The summed E-state index contributed by atoms with van der Waals surface area (Å²) in [6.45, 7) is 0.383. The van der Waals surface area contributed by atoms with E-state index in [-0.39, 0.29) is 11.7 Å². The number of hydrogen-bond donors (Lipinski definition) is 1. The standard InChI is InChI=1S/C29H23FN2O2S/c30-23-14-15-28-25(18-23)26(16-17-35-28)31-32-29(33)22-12-10-20(11-13-22)19-34-27-9-5-4-8-24(27)21-6-2-1-3-7-21/h1-15,18H,16-17,19H2,(H,32,33). The molecule has 6 heteroatoms. The number of benzene rings is 4. The maximum atomic E-state index is 13.7.